The first kappa shape index (κ1) is 20.5. The van der Waals surface area contributed by atoms with Crippen LogP contribution in [0.3, 0.4) is 0 Å². The zero-order valence-corrected chi connectivity index (χ0v) is 17.7. The van der Waals surface area contributed by atoms with Crippen LogP contribution in [0, 0.1) is 6.92 Å². The molecular formula is C24H25N5O2. The fraction of sp³-hybridized carbons (Fsp3) is 0.250. The third-order valence-corrected chi connectivity index (χ3v) is 5.38. The molecule has 3 heterocycles. The summed E-state index contributed by atoms with van der Waals surface area (Å²) in [5, 5.41) is 2.86. The van der Waals surface area contributed by atoms with E-state index in [-0.39, 0.29) is 11.8 Å². The van der Waals surface area contributed by atoms with Crippen LogP contribution in [-0.2, 0) is 11.2 Å². The first-order valence-electron chi connectivity index (χ1n) is 10.4. The summed E-state index contributed by atoms with van der Waals surface area (Å²) in [5.74, 6) is 0.356. The quantitative estimate of drug-likeness (QED) is 0.601. The van der Waals surface area contributed by atoms with Gasteiger partial charge in [-0.05, 0) is 43.2 Å². The molecule has 3 aromatic rings. The third kappa shape index (κ3) is 3.99. The molecule has 0 fully saturated rings. The Hall–Kier alpha value is -3.74. The van der Waals surface area contributed by atoms with Crippen LogP contribution in [0.15, 0.2) is 49.2 Å². The normalized spacial score (nSPS) is 12.8. The van der Waals surface area contributed by atoms with Gasteiger partial charge in [0.1, 0.15) is 0 Å². The molecule has 0 unspecified atom stereocenters. The number of hydrogen-bond donors (Lipinski definition) is 2. The van der Waals surface area contributed by atoms with Gasteiger partial charge in [0, 0.05) is 42.7 Å². The second-order valence-corrected chi connectivity index (χ2v) is 7.54. The number of carbonyl (C=O) groups is 2. The molecule has 31 heavy (non-hydrogen) atoms. The van der Waals surface area contributed by atoms with Crippen molar-refractivity contribution >= 4 is 17.5 Å². The third-order valence-electron chi connectivity index (χ3n) is 5.38. The maximum atomic E-state index is 12.4. The smallest absolute Gasteiger partial charge is 0.253 e. The number of benzene rings is 1. The minimum Gasteiger partial charge on any atom is -0.356 e. The van der Waals surface area contributed by atoms with Crippen LogP contribution < -0.4 is 10.2 Å². The minimum atomic E-state index is -0.132. The number of anilines is 1. The fourth-order valence-corrected chi connectivity index (χ4v) is 3.80. The van der Waals surface area contributed by atoms with E-state index in [1.807, 2.05) is 44.2 Å². The predicted octanol–water partition coefficient (Wildman–Crippen LogP) is 3.66. The molecule has 0 saturated heterocycles. The number of nitrogens with zero attached hydrogens (tertiary/aromatic N) is 3. The number of aromatic nitrogens is 3. The Morgan fingerprint density at radius 2 is 2.13 bits per heavy atom. The Morgan fingerprint density at radius 1 is 1.29 bits per heavy atom. The number of fused-ring (bicyclic) bond motifs is 1. The average Bonchev–Trinajstić information content (AvgIpc) is 3.23. The molecule has 2 amide bonds. The Morgan fingerprint density at radius 3 is 2.87 bits per heavy atom. The number of amides is 2. The van der Waals surface area contributed by atoms with Crippen LogP contribution in [0.5, 0.6) is 0 Å². The van der Waals surface area contributed by atoms with Crippen molar-refractivity contribution in [2.24, 2.45) is 0 Å². The van der Waals surface area contributed by atoms with Crippen LogP contribution in [0.1, 0.15) is 35.0 Å². The maximum Gasteiger partial charge on any atom is 0.253 e. The van der Waals surface area contributed by atoms with E-state index >= 15 is 0 Å². The average molecular weight is 415 g/mol. The van der Waals surface area contributed by atoms with Crippen molar-refractivity contribution in [3.05, 3.63) is 66.0 Å². The first-order valence-corrected chi connectivity index (χ1v) is 10.4. The summed E-state index contributed by atoms with van der Waals surface area (Å²) in [6.45, 7) is 8.87. The van der Waals surface area contributed by atoms with Crippen molar-refractivity contribution in [2.45, 2.75) is 26.7 Å². The summed E-state index contributed by atoms with van der Waals surface area (Å²) < 4.78 is 0. The second-order valence-electron chi connectivity index (χ2n) is 7.54. The van der Waals surface area contributed by atoms with Crippen molar-refractivity contribution in [1.29, 1.82) is 0 Å². The summed E-state index contributed by atoms with van der Waals surface area (Å²) in [6.07, 6.45) is 4.64. The van der Waals surface area contributed by atoms with Gasteiger partial charge in [-0.3, -0.25) is 9.59 Å². The number of nitrogens with one attached hydrogen (secondary N) is 2. The Bertz CT molecular complexity index is 1160. The topological polar surface area (TPSA) is 91.0 Å². The van der Waals surface area contributed by atoms with Crippen LogP contribution >= 0.6 is 0 Å². The van der Waals surface area contributed by atoms with Crippen LogP contribution in [0.25, 0.3) is 22.8 Å². The molecule has 0 spiro atoms. The summed E-state index contributed by atoms with van der Waals surface area (Å²) in [6, 6.07) is 9.52. The largest absolute Gasteiger partial charge is 0.356 e. The van der Waals surface area contributed by atoms with Gasteiger partial charge < -0.3 is 15.2 Å². The van der Waals surface area contributed by atoms with Crippen LogP contribution in [0.4, 0.5) is 5.69 Å². The second kappa shape index (κ2) is 8.55. The number of H-pyrrole nitrogens is 1. The summed E-state index contributed by atoms with van der Waals surface area (Å²) >= 11 is 0. The lowest BCUT2D eigenvalue weighted by atomic mass is 10.1. The Kier molecular flexibility index (Phi) is 5.66. The molecule has 7 nitrogen and oxygen atoms in total. The lowest BCUT2D eigenvalue weighted by Gasteiger charge is -2.23. The van der Waals surface area contributed by atoms with Gasteiger partial charge in [0.25, 0.3) is 5.91 Å². The SMILES string of the molecule is C=CC(=O)N(CCC)c1cc(-c2nccc(-c3cc4c([nH]3)CCNC4=O)n2)ccc1C. The van der Waals surface area contributed by atoms with Crippen LogP contribution in [-0.4, -0.2) is 39.9 Å². The van der Waals surface area contributed by atoms with E-state index in [9.17, 15) is 9.59 Å². The lowest BCUT2D eigenvalue weighted by Crippen LogP contribution is -2.31. The van der Waals surface area contributed by atoms with Crippen molar-refractivity contribution in [3.8, 4) is 22.8 Å². The molecule has 1 aromatic carbocycles. The highest BCUT2D eigenvalue weighted by atomic mass is 16.2. The number of carbonyl (C=O) groups excluding carboxylic acids is 2. The summed E-state index contributed by atoms with van der Waals surface area (Å²) in [5.41, 5.74) is 5.72. The minimum absolute atomic E-state index is 0.0656. The molecule has 4 rings (SSSR count). The molecule has 7 heteroatoms. The maximum absolute atomic E-state index is 12.4. The molecule has 0 atom stereocenters. The van der Waals surface area contributed by atoms with Gasteiger partial charge in [0.15, 0.2) is 5.82 Å². The Labute approximate surface area is 181 Å². The number of rotatable bonds is 6. The molecule has 0 bridgehead atoms. The van der Waals surface area contributed by atoms with Crippen molar-refractivity contribution in [1.82, 2.24) is 20.3 Å². The summed E-state index contributed by atoms with van der Waals surface area (Å²) in [7, 11) is 0. The van der Waals surface area contributed by atoms with Crippen molar-refractivity contribution in [3.63, 3.8) is 0 Å². The molecule has 2 N–H and O–H groups in total. The van der Waals surface area contributed by atoms with E-state index in [0.717, 1.165) is 41.0 Å². The molecule has 1 aliphatic heterocycles. The van der Waals surface area contributed by atoms with Gasteiger partial charge in [-0.1, -0.05) is 25.6 Å². The highest BCUT2D eigenvalue weighted by Gasteiger charge is 2.21. The van der Waals surface area contributed by atoms with Crippen molar-refractivity contribution < 1.29 is 9.59 Å². The van der Waals surface area contributed by atoms with E-state index in [4.69, 9.17) is 4.98 Å². The zero-order chi connectivity index (χ0) is 22.0. The molecule has 0 saturated carbocycles. The highest BCUT2D eigenvalue weighted by molar-refractivity contribution is 6.02. The van der Waals surface area contributed by atoms with E-state index in [1.165, 1.54) is 6.08 Å². The molecule has 158 valence electrons. The lowest BCUT2D eigenvalue weighted by molar-refractivity contribution is -0.114. The molecular weight excluding hydrogens is 390 g/mol. The first-order chi connectivity index (χ1) is 15.0. The van der Waals surface area contributed by atoms with Gasteiger partial charge >= 0.3 is 0 Å². The van der Waals surface area contributed by atoms with Gasteiger partial charge in [-0.25, -0.2) is 9.97 Å². The van der Waals surface area contributed by atoms with Gasteiger partial charge in [-0.15, -0.1) is 0 Å². The number of aromatic amines is 1. The highest BCUT2D eigenvalue weighted by Crippen LogP contribution is 2.29. The monoisotopic (exact) mass is 415 g/mol. The van der Waals surface area contributed by atoms with E-state index in [2.05, 4.69) is 21.9 Å². The number of hydrogen-bond acceptors (Lipinski definition) is 4. The fourth-order valence-electron chi connectivity index (χ4n) is 3.80. The molecule has 0 radical (unpaired) electrons. The zero-order valence-electron chi connectivity index (χ0n) is 17.7. The molecule has 0 aliphatic carbocycles. The van der Waals surface area contributed by atoms with E-state index in [1.54, 1.807) is 11.1 Å². The standard InChI is InChI=1S/C24H25N5O2/c1-4-12-29(22(30)5-2)21-13-16(7-6-15(21)3)23-25-10-9-19(28-23)20-14-17-18(27-20)8-11-26-24(17)31/h5-7,9-10,13-14,27H,2,4,8,11-12H2,1,3H3,(H,26,31). The molecule has 2 aromatic heterocycles. The summed E-state index contributed by atoms with van der Waals surface area (Å²) in [4.78, 5) is 38.7. The van der Waals surface area contributed by atoms with Gasteiger partial charge in [0.05, 0.1) is 17.0 Å². The van der Waals surface area contributed by atoms with E-state index in [0.29, 0.717) is 30.2 Å². The van der Waals surface area contributed by atoms with Crippen molar-refractivity contribution in [2.75, 3.05) is 18.0 Å². The number of aryl methyl sites for hydroxylation is 1. The predicted molar refractivity (Wildman–Crippen MR) is 121 cm³/mol. The van der Waals surface area contributed by atoms with E-state index < -0.39 is 0 Å². The van der Waals surface area contributed by atoms with Gasteiger partial charge in [-0.2, -0.15) is 0 Å². The van der Waals surface area contributed by atoms with Gasteiger partial charge in [0.2, 0.25) is 5.91 Å². The molecule has 1 aliphatic rings. The Balaban J connectivity index is 1.72. The van der Waals surface area contributed by atoms with Crippen LogP contribution in [0.2, 0.25) is 0 Å².